The Labute approximate surface area is 133 Å². The van der Waals surface area contributed by atoms with Gasteiger partial charge in [-0.1, -0.05) is 32.0 Å². The van der Waals surface area contributed by atoms with Crippen LogP contribution in [0.1, 0.15) is 49.8 Å². The van der Waals surface area contributed by atoms with Gasteiger partial charge in [0.25, 0.3) is 0 Å². The number of fused-ring (bicyclic) bond motifs is 1. The molecule has 0 saturated heterocycles. The zero-order valence-corrected chi connectivity index (χ0v) is 13.6. The maximum atomic E-state index is 10.6. The van der Waals surface area contributed by atoms with Crippen LogP contribution >= 0.6 is 0 Å². The molecule has 22 heavy (non-hydrogen) atoms. The molecule has 0 aliphatic heterocycles. The SMILES string of the molecule is CCCN(CCC)C1CCc2cccc(C=C[N+](=O)[O-])c2C1. The van der Waals surface area contributed by atoms with Gasteiger partial charge in [-0.2, -0.15) is 0 Å². The molecule has 4 heteroatoms. The molecule has 0 aromatic heterocycles. The fourth-order valence-corrected chi connectivity index (χ4v) is 3.46. The Morgan fingerprint density at radius 3 is 2.68 bits per heavy atom. The van der Waals surface area contributed by atoms with E-state index < -0.39 is 0 Å². The smallest absolute Gasteiger partial charge is 0.235 e. The van der Waals surface area contributed by atoms with Gasteiger partial charge in [0.2, 0.25) is 6.20 Å². The fraction of sp³-hybridized carbons (Fsp3) is 0.556. The van der Waals surface area contributed by atoms with E-state index in [9.17, 15) is 10.1 Å². The Hall–Kier alpha value is -1.68. The van der Waals surface area contributed by atoms with Crippen LogP contribution in [-0.4, -0.2) is 29.0 Å². The molecule has 4 nitrogen and oxygen atoms in total. The lowest BCUT2D eigenvalue weighted by Gasteiger charge is -2.35. The van der Waals surface area contributed by atoms with Gasteiger partial charge < -0.3 is 4.90 Å². The van der Waals surface area contributed by atoms with Crippen molar-refractivity contribution < 1.29 is 4.92 Å². The molecule has 1 aromatic rings. The van der Waals surface area contributed by atoms with E-state index in [1.807, 2.05) is 12.1 Å². The van der Waals surface area contributed by atoms with E-state index >= 15 is 0 Å². The van der Waals surface area contributed by atoms with Crippen LogP contribution < -0.4 is 0 Å². The summed E-state index contributed by atoms with van der Waals surface area (Å²) in [4.78, 5) is 12.8. The average molecular weight is 302 g/mol. The lowest BCUT2D eigenvalue weighted by Crippen LogP contribution is -2.40. The molecule has 0 heterocycles. The molecular formula is C18H26N2O2. The van der Waals surface area contributed by atoms with Crippen molar-refractivity contribution in [2.45, 2.75) is 52.0 Å². The third kappa shape index (κ3) is 4.17. The summed E-state index contributed by atoms with van der Waals surface area (Å²) in [6, 6.07) is 6.73. The predicted molar refractivity (Wildman–Crippen MR) is 90.4 cm³/mol. The van der Waals surface area contributed by atoms with Gasteiger partial charge in [0.05, 0.1) is 4.92 Å². The first-order valence-corrected chi connectivity index (χ1v) is 8.32. The van der Waals surface area contributed by atoms with Gasteiger partial charge >= 0.3 is 0 Å². The van der Waals surface area contributed by atoms with Crippen molar-refractivity contribution in [1.82, 2.24) is 4.90 Å². The number of hydrogen-bond acceptors (Lipinski definition) is 3. The minimum Gasteiger partial charge on any atom is -0.300 e. The molecule has 1 aromatic carbocycles. The third-order valence-electron chi connectivity index (χ3n) is 4.41. The summed E-state index contributed by atoms with van der Waals surface area (Å²) in [6.45, 7) is 6.73. The number of nitro groups is 1. The second-order valence-corrected chi connectivity index (χ2v) is 6.02. The van der Waals surface area contributed by atoms with Crippen LogP contribution in [0.2, 0.25) is 0 Å². The summed E-state index contributed by atoms with van der Waals surface area (Å²) in [5, 5.41) is 10.6. The standard InChI is InChI=1S/C18H26N2O2/c1-3-11-19(12-4-2)17-9-8-15-6-5-7-16(18(15)14-17)10-13-20(21)22/h5-7,10,13,17H,3-4,8-9,11-12,14H2,1-2H3. The number of aryl methyl sites for hydroxylation is 1. The molecule has 0 N–H and O–H groups in total. The molecule has 1 unspecified atom stereocenters. The van der Waals surface area contributed by atoms with Gasteiger partial charge in [0.15, 0.2) is 0 Å². The highest BCUT2D eigenvalue weighted by Crippen LogP contribution is 2.28. The highest BCUT2D eigenvalue weighted by atomic mass is 16.6. The van der Waals surface area contributed by atoms with Gasteiger partial charge in [-0.05, 0) is 61.9 Å². The second kappa shape index (κ2) is 8.08. The Morgan fingerprint density at radius 1 is 1.32 bits per heavy atom. The van der Waals surface area contributed by atoms with Gasteiger partial charge in [0.1, 0.15) is 0 Å². The number of benzene rings is 1. The van der Waals surface area contributed by atoms with Crippen molar-refractivity contribution in [2.24, 2.45) is 0 Å². The zero-order chi connectivity index (χ0) is 15.9. The number of nitrogens with zero attached hydrogens (tertiary/aromatic N) is 2. The molecule has 0 radical (unpaired) electrons. The van der Waals surface area contributed by atoms with Crippen molar-refractivity contribution >= 4 is 6.08 Å². The van der Waals surface area contributed by atoms with Gasteiger partial charge in [0, 0.05) is 12.1 Å². The monoisotopic (exact) mass is 302 g/mol. The van der Waals surface area contributed by atoms with Crippen molar-refractivity contribution in [3.05, 3.63) is 51.2 Å². The predicted octanol–water partition coefficient (Wildman–Crippen LogP) is 3.91. The van der Waals surface area contributed by atoms with Crippen LogP contribution in [0.25, 0.3) is 6.08 Å². The highest BCUT2D eigenvalue weighted by Gasteiger charge is 2.24. The molecule has 0 amide bonds. The average Bonchev–Trinajstić information content (AvgIpc) is 2.52. The van der Waals surface area contributed by atoms with Crippen LogP contribution in [0.3, 0.4) is 0 Å². The van der Waals surface area contributed by atoms with Crippen molar-refractivity contribution in [1.29, 1.82) is 0 Å². The third-order valence-corrected chi connectivity index (χ3v) is 4.41. The quantitative estimate of drug-likeness (QED) is 0.566. The first-order chi connectivity index (χ1) is 10.7. The van der Waals surface area contributed by atoms with Crippen LogP contribution in [0.4, 0.5) is 0 Å². The van der Waals surface area contributed by atoms with Crippen LogP contribution in [-0.2, 0) is 12.8 Å². The largest absolute Gasteiger partial charge is 0.300 e. The Balaban J connectivity index is 2.22. The molecule has 1 aliphatic rings. The lowest BCUT2D eigenvalue weighted by molar-refractivity contribution is -0.400. The van der Waals surface area contributed by atoms with Crippen molar-refractivity contribution in [3.63, 3.8) is 0 Å². The summed E-state index contributed by atoms with van der Waals surface area (Å²) in [5.74, 6) is 0. The summed E-state index contributed by atoms with van der Waals surface area (Å²) in [6.07, 6.45) is 8.31. The zero-order valence-electron chi connectivity index (χ0n) is 13.6. The Kier molecular flexibility index (Phi) is 6.13. The first kappa shape index (κ1) is 16.7. The molecule has 120 valence electrons. The van der Waals surface area contributed by atoms with Crippen LogP contribution in [0.15, 0.2) is 24.4 Å². The van der Waals surface area contributed by atoms with Gasteiger partial charge in [-0.3, -0.25) is 10.1 Å². The normalized spacial score (nSPS) is 17.9. The van der Waals surface area contributed by atoms with Gasteiger partial charge in [-0.25, -0.2) is 0 Å². The van der Waals surface area contributed by atoms with Gasteiger partial charge in [-0.15, -0.1) is 0 Å². The molecule has 0 fully saturated rings. The van der Waals surface area contributed by atoms with Crippen molar-refractivity contribution in [2.75, 3.05) is 13.1 Å². The summed E-state index contributed by atoms with van der Waals surface area (Å²) >= 11 is 0. The first-order valence-electron chi connectivity index (χ1n) is 8.32. The molecule has 2 rings (SSSR count). The number of rotatable bonds is 7. The van der Waals surface area contributed by atoms with E-state index in [0.717, 1.165) is 37.7 Å². The molecule has 0 bridgehead atoms. The summed E-state index contributed by atoms with van der Waals surface area (Å²) < 4.78 is 0. The minimum atomic E-state index is -0.389. The van der Waals surface area contributed by atoms with E-state index in [-0.39, 0.29) is 4.92 Å². The minimum absolute atomic E-state index is 0.389. The number of hydrogen-bond donors (Lipinski definition) is 0. The maximum absolute atomic E-state index is 10.6. The van der Waals surface area contributed by atoms with E-state index in [1.165, 1.54) is 30.4 Å². The highest BCUT2D eigenvalue weighted by molar-refractivity contribution is 5.56. The Morgan fingerprint density at radius 2 is 2.05 bits per heavy atom. The fourth-order valence-electron chi connectivity index (χ4n) is 3.46. The lowest BCUT2D eigenvalue weighted by atomic mass is 9.84. The van der Waals surface area contributed by atoms with Crippen LogP contribution in [0, 0.1) is 10.1 Å². The summed E-state index contributed by atoms with van der Waals surface area (Å²) in [7, 11) is 0. The molecule has 1 aliphatic carbocycles. The molecule has 1 atom stereocenters. The van der Waals surface area contributed by atoms with E-state index in [2.05, 4.69) is 24.8 Å². The molecular weight excluding hydrogens is 276 g/mol. The van der Waals surface area contributed by atoms with Crippen LogP contribution in [0.5, 0.6) is 0 Å². The second-order valence-electron chi connectivity index (χ2n) is 6.02. The van der Waals surface area contributed by atoms with Crippen molar-refractivity contribution in [3.8, 4) is 0 Å². The topological polar surface area (TPSA) is 46.4 Å². The maximum Gasteiger partial charge on any atom is 0.235 e. The molecule has 0 saturated carbocycles. The Bertz CT molecular complexity index is 534. The van der Waals surface area contributed by atoms with E-state index in [0.29, 0.717) is 6.04 Å². The summed E-state index contributed by atoms with van der Waals surface area (Å²) in [5.41, 5.74) is 3.66. The molecule has 0 spiro atoms. The van der Waals surface area contributed by atoms with E-state index in [1.54, 1.807) is 6.08 Å². The van der Waals surface area contributed by atoms with E-state index in [4.69, 9.17) is 0 Å².